The molecule has 2 heteroatoms. The second-order valence-corrected chi connectivity index (χ2v) is 4.42. The lowest BCUT2D eigenvalue weighted by Gasteiger charge is -2.09. The SMILES string of the molecule is Cc1ccc(C(C)C)cc1C(=O)C1CO1. The lowest BCUT2D eigenvalue weighted by Crippen LogP contribution is -2.09. The largest absolute Gasteiger partial charge is 0.364 e. The van der Waals surface area contributed by atoms with Crippen LogP contribution in [0.3, 0.4) is 0 Å². The Morgan fingerprint density at radius 2 is 2.13 bits per heavy atom. The van der Waals surface area contributed by atoms with Gasteiger partial charge in [0.1, 0.15) is 6.10 Å². The molecule has 2 rings (SSSR count). The van der Waals surface area contributed by atoms with Gasteiger partial charge in [-0.3, -0.25) is 4.79 Å². The van der Waals surface area contributed by atoms with Gasteiger partial charge in [0.25, 0.3) is 0 Å². The van der Waals surface area contributed by atoms with Gasteiger partial charge in [-0.2, -0.15) is 0 Å². The molecular formula is C13H16O2. The normalized spacial score (nSPS) is 19.3. The van der Waals surface area contributed by atoms with Gasteiger partial charge < -0.3 is 4.74 Å². The molecule has 1 aromatic rings. The number of hydrogen-bond donors (Lipinski definition) is 0. The molecular weight excluding hydrogens is 188 g/mol. The zero-order chi connectivity index (χ0) is 11.0. The van der Waals surface area contributed by atoms with E-state index < -0.39 is 0 Å². The van der Waals surface area contributed by atoms with Gasteiger partial charge in [0.15, 0.2) is 5.78 Å². The van der Waals surface area contributed by atoms with Crippen molar-refractivity contribution in [3.63, 3.8) is 0 Å². The van der Waals surface area contributed by atoms with Crippen molar-refractivity contribution in [2.75, 3.05) is 6.61 Å². The molecule has 1 aliphatic rings. The Labute approximate surface area is 90.3 Å². The third kappa shape index (κ3) is 2.10. The molecule has 0 aromatic heterocycles. The molecule has 1 heterocycles. The van der Waals surface area contributed by atoms with Crippen LogP contribution < -0.4 is 0 Å². The summed E-state index contributed by atoms with van der Waals surface area (Å²) < 4.78 is 5.03. The molecule has 2 nitrogen and oxygen atoms in total. The van der Waals surface area contributed by atoms with Crippen molar-refractivity contribution in [1.29, 1.82) is 0 Å². The summed E-state index contributed by atoms with van der Waals surface area (Å²) in [5.74, 6) is 0.590. The smallest absolute Gasteiger partial charge is 0.194 e. The third-order valence-corrected chi connectivity index (χ3v) is 2.82. The first-order valence-corrected chi connectivity index (χ1v) is 5.36. The van der Waals surface area contributed by atoms with Crippen LogP contribution in [0.5, 0.6) is 0 Å². The van der Waals surface area contributed by atoms with Crippen molar-refractivity contribution in [1.82, 2.24) is 0 Å². The van der Waals surface area contributed by atoms with E-state index in [0.717, 1.165) is 11.1 Å². The molecule has 0 radical (unpaired) electrons. The number of benzene rings is 1. The first-order valence-electron chi connectivity index (χ1n) is 5.36. The maximum atomic E-state index is 11.9. The second-order valence-electron chi connectivity index (χ2n) is 4.42. The molecule has 1 unspecified atom stereocenters. The highest BCUT2D eigenvalue weighted by atomic mass is 16.6. The molecule has 1 fully saturated rings. The number of aryl methyl sites for hydroxylation is 1. The van der Waals surface area contributed by atoms with Gasteiger partial charge >= 0.3 is 0 Å². The zero-order valence-electron chi connectivity index (χ0n) is 9.41. The number of hydrogen-bond acceptors (Lipinski definition) is 2. The summed E-state index contributed by atoms with van der Waals surface area (Å²) in [6.45, 7) is 6.82. The van der Waals surface area contributed by atoms with Crippen molar-refractivity contribution < 1.29 is 9.53 Å². The molecule has 0 spiro atoms. The van der Waals surface area contributed by atoms with Crippen LogP contribution in [0.4, 0.5) is 0 Å². The van der Waals surface area contributed by atoms with E-state index in [2.05, 4.69) is 19.9 Å². The Balaban J connectivity index is 2.35. The average Bonchev–Trinajstić information content (AvgIpc) is 3.00. The number of Topliss-reactive ketones (excluding diaryl/α,β-unsaturated/α-hetero) is 1. The van der Waals surface area contributed by atoms with Crippen LogP contribution in [-0.2, 0) is 4.74 Å². The van der Waals surface area contributed by atoms with Gasteiger partial charge in [-0.15, -0.1) is 0 Å². The van der Waals surface area contributed by atoms with Crippen LogP contribution in [0.2, 0.25) is 0 Å². The van der Waals surface area contributed by atoms with Crippen molar-refractivity contribution in [2.24, 2.45) is 0 Å². The minimum atomic E-state index is -0.175. The van der Waals surface area contributed by atoms with Crippen molar-refractivity contribution in [3.05, 3.63) is 34.9 Å². The highest BCUT2D eigenvalue weighted by molar-refractivity contribution is 6.02. The Hall–Kier alpha value is -1.15. The fourth-order valence-electron chi connectivity index (χ4n) is 1.64. The summed E-state index contributed by atoms with van der Waals surface area (Å²) in [4.78, 5) is 11.9. The van der Waals surface area contributed by atoms with E-state index in [4.69, 9.17) is 4.74 Å². The summed E-state index contributed by atoms with van der Waals surface area (Å²) in [6, 6.07) is 6.11. The van der Waals surface area contributed by atoms with Crippen molar-refractivity contribution in [2.45, 2.75) is 32.8 Å². The van der Waals surface area contributed by atoms with Crippen LogP contribution >= 0.6 is 0 Å². The number of carbonyl (C=O) groups excluding carboxylic acids is 1. The topological polar surface area (TPSA) is 29.6 Å². The minimum absolute atomic E-state index is 0.134. The summed E-state index contributed by atoms with van der Waals surface area (Å²) >= 11 is 0. The lowest BCUT2D eigenvalue weighted by molar-refractivity contribution is 0.0953. The number of epoxide rings is 1. The molecule has 0 amide bonds. The van der Waals surface area contributed by atoms with Gasteiger partial charge in [-0.05, 0) is 30.0 Å². The molecule has 1 aromatic carbocycles. The van der Waals surface area contributed by atoms with Crippen LogP contribution in [0.25, 0.3) is 0 Å². The summed E-state index contributed by atoms with van der Waals surface area (Å²) in [7, 11) is 0. The number of rotatable bonds is 3. The van der Waals surface area contributed by atoms with Crippen LogP contribution in [0.1, 0.15) is 41.3 Å². The summed E-state index contributed by atoms with van der Waals surface area (Å²) in [6.07, 6.45) is -0.175. The first kappa shape index (κ1) is 10.4. The Morgan fingerprint density at radius 3 is 2.67 bits per heavy atom. The molecule has 80 valence electrons. The average molecular weight is 204 g/mol. The molecule has 1 saturated heterocycles. The fraction of sp³-hybridized carbons (Fsp3) is 0.462. The highest BCUT2D eigenvalue weighted by Gasteiger charge is 2.32. The van der Waals surface area contributed by atoms with E-state index in [1.54, 1.807) is 0 Å². The Bertz CT molecular complexity index is 390. The number of ketones is 1. The van der Waals surface area contributed by atoms with E-state index in [0.29, 0.717) is 12.5 Å². The molecule has 15 heavy (non-hydrogen) atoms. The third-order valence-electron chi connectivity index (χ3n) is 2.82. The zero-order valence-corrected chi connectivity index (χ0v) is 9.41. The van der Waals surface area contributed by atoms with Gasteiger partial charge in [-0.1, -0.05) is 26.0 Å². The molecule has 1 aliphatic heterocycles. The minimum Gasteiger partial charge on any atom is -0.364 e. The van der Waals surface area contributed by atoms with Gasteiger partial charge in [-0.25, -0.2) is 0 Å². The van der Waals surface area contributed by atoms with Crippen LogP contribution in [0, 0.1) is 6.92 Å². The van der Waals surface area contributed by atoms with E-state index >= 15 is 0 Å². The second kappa shape index (κ2) is 3.78. The fourth-order valence-corrected chi connectivity index (χ4v) is 1.64. The Morgan fingerprint density at radius 1 is 1.47 bits per heavy atom. The van der Waals surface area contributed by atoms with Gasteiger partial charge in [0.2, 0.25) is 0 Å². The van der Waals surface area contributed by atoms with Gasteiger partial charge in [0, 0.05) is 5.56 Å². The molecule has 0 aliphatic carbocycles. The van der Waals surface area contributed by atoms with E-state index in [9.17, 15) is 4.79 Å². The highest BCUT2D eigenvalue weighted by Crippen LogP contribution is 2.23. The van der Waals surface area contributed by atoms with E-state index in [-0.39, 0.29) is 11.9 Å². The standard InChI is InChI=1S/C13H16O2/c1-8(2)10-5-4-9(3)11(6-10)13(14)12-7-15-12/h4-6,8,12H,7H2,1-3H3. The quantitative estimate of drug-likeness (QED) is 0.559. The van der Waals surface area contributed by atoms with Crippen LogP contribution in [0.15, 0.2) is 18.2 Å². The van der Waals surface area contributed by atoms with Gasteiger partial charge in [0.05, 0.1) is 6.61 Å². The molecule has 0 N–H and O–H groups in total. The summed E-state index contributed by atoms with van der Waals surface area (Å²) in [5, 5.41) is 0. The maximum Gasteiger partial charge on any atom is 0.194 e. The predicted octanol–water partition coefficient (Wildman–Crippen LogP) is 2.70. The summed E-state index contributed by atoms with van der Waals surface area (Å²) in [5.41, 5.74) is 3.08. The number of ether oxygens (including phenoxy) is 1. The molecule has 0 saturated carbocycles. The maximum absolute atomic E-state index is 11.9. The monoisotopic (exact) mass is 204 g/mol. The van der Waals surface area contributed by atoms with Crippen molar-refractivity contribution >= 4 is 5.78 Å². The van der Waals surface area contributed by atoms with Crippen molar-refractivity contribution in [3.8, 4) is 0 Å². The molecule has 0 bridgehead atoms. The Kier molecular flexibility index (Phi) is 2.61. The first-order chi connectivity index (χ1) is 7.09. The molecule has 1 atom stereocenters. The predicted molar refractivity (Wildman–Crippen MR) is 59.3 cm³/mol. The van der Waals surface area contributed by atoms with E-state index in [1.165, 1.54) is 5.56 Å². The van der Waals surface area contributed by atoms with E-state index in [1.807, 2.05) is 19.1 Å². The lowest BCUT2D eigenvalue weighted by atomic mass is 9.95. The van der Waals surface area contributed by atoms with Crippen LogP contribution in [-0.4, -0.2) is 18.5 Å². The number of carbonyl (C=O) groups is 1.